The number of ether oxygens (including phenoxy) is 2. The maximum Gasteiger partial charge on any atom is 0.238 e. The molecule has 1 amide bonds. The van der Waals surface area contributed by atoms with Gasteiger partial charge in [0, 0.05) is 40.8 Å². The molecule has 0 bridgehead atoms. The minimum absolute atomic E-state index is 0.0742. The number of nitrogens with one attached hydrogen (secondary N) is 1. The van der Waals surface area contributed by atoms with E-state index in [4.69, 9.17) is 9.47 Å². The Morgan fingerprint density at radius 3 is 2.75 bits per heavy atom. The number of methoxy groups -OCH3 is 1. The molecule has 0 aromatic heterocycles. The third kappa shape index (κ3) is 3.17. The minimum Gasteiger partial charge on any atom is -0.378 e. The Morgan fingerprint density at radius 2 is 2.31 bits per heavy atom. The number of hydrogen-bond acceptors (Lipinski definition) is 4. The number of carbonyl (C=O) groups excluding carboxylic acids is 1. The Kier molecular flexibility index (Phi) is 4.70. The zero-order valence-corrected chi connectivity index (χ0v) is 10.6. The van der Waals surface area contributed by atoms with Crippen molar-refractivity contribution >= 4 is 5.91 Å². The molecule has 5 nitrogen and oxygen atoms in total. The fraction of sp³-hybridized carbons (Fsp3) is 0.909. The molecule has 1 fully saturated rings. The number of carbonyl (C=O) groups is 1. The van der Waals surface area contributed by atoms with Crippen molar-refractivity contribution in [3.05, 3.63) is 0 Å². The largest absolute Gasteiger partial charge is 0.378 e. The molecule has 1 N–H and O–H groups in total. The summed E-state index contributed by atoms with van der Waals surface area (Å²) in [6.07, 6.45) is 0.874. The first-order chi connectivity index (χ1) is 7.51. The van der Waals surface area contributed by atoms with Gasteiger partial charge in [0.15, 0.2) is 0 Å². The molecular weight excluding hydrogens is 208 g/mol. The second-order valence-corrected chi connectivity index (χ2v) is 4.52. The van der Waals surface area contributed by atoms with Gasteiger partial charge in [0.05, 0.1) is 12.6 Å². The van der Waals surface area contributed by atoms with Crippen molar-refractivity contribution in [2.75, 3.05) is 41.0 Å². The van der Waals surface area contributed by atoms with Crippen LogP contribution in [0.5, 0.6) is 0 Å². The van der Waals surface area contributed by atoms with Crippen molar-refractivity contribution in [3.8, 4) is 0 Å². The van der Waals surface area contributed by atoms with Crippen molar-refractivity contribution in [3.63, 3.8) is 0 Å². The fourth-order valence-electron chi connectivity index (χ4n) is 1.77. The molecule has 0 saturated carbocycles. The van der Waals surface area contributed by atoms with Crippen LogP contribution >= 0.6 is 0 Å². The van der Waals surface area contributed by atoms with Crippen LogP contribution in [0, 0.1) is 0 Å². The van der Waals surface area contributed by atoms with E-state index in [9.17, 15) is 4.79 Å². The van der Waals surface area contributed by atoms with E-state index in [0.29, 0.717) is 13.2 Å². The van der Waals surface area contributed by atoms with Crippen molar-refractivity contribution in [1.29, 1.82) is 0 Å². The number of amides is 1. The molecule has 16 heavy (non-hydrogen) atoms. The fourth-order valence-corrected chi connectivity index (χ4v) is 1.77. The SMILES string of the molecule is COC1(CNC(C)C(=O)N(C)C)CCOC1. The molecule has 94 valence electrons. The number of hydrogen-bond donors (Lipinski definition) is 1. The van der Waals surface area contributed by atoms with E-state index in [1.54, 1.807) is 26.1 Å². The van der Waals surface area contributed by atoms with Gasteiger partial charge in [0.2, 0.25) is 5.91 Å². The molecule has 1 aliphatic heterocycles. The molecule has 1 aliphatic rings. The molecule has 0 spiro atoms. The third-order valence-electron chi connectivity index (χ3n) is 3.04. The van der Waals surface area contributed by atoms with E-state index in [-0.39, 0.29) is 17.6 Å². The quantitative estimate of drug-likeness (QED) is 0.714. The van der Waals surface area contributed by atoms with Gasteiger partial charge in [-0.1, -0.05) is 0 Å². The van der Waals surface area contributed by atoms with E-state index in [0.717, 1.165) is 13.0 Å². The maximum absolute atomic E-state index is 11.6. The molecule has 2 unspecified atom stereocenters. The Morgan fingerprint density at radius 1 is 1.62 bits per heavy atom. The standard InChI is InChI=1S/C11H22N2O3/c1-9(10(14)13(2)3)12-7-11(15-4)5-6-16-8-11/h9,12H,5-8H2,1-4H3. The molecule has 1 heterocycles. The predicted molar refractivity (Wildman–Crippen MR) is 61.3 cm³/mol. The Labute approximate surface area is 97.1 Å². The molecule has 1 rings (SSSR count). The van der Waals surface area contributed by atoms with Crippen LogP contribution in [-0.2, 0) is 14.3 Å². The molecule has 0 aromatic carbocycles. The lowest BCUT2D eigenvalue weighted by atomic mass is 10.0. The van der Waals surface area contributed by atoms with Gasteiger partial charge < -0.3 is 19.7 Å². The first-order valence-electron chi connectivity index (χ1n) is 5.58. The van der Waals surface area contributed by atoms with Gasteiger partial charge in [-0.15, -0.1) is 0 Å². The first-order valence-corrected chi connectivity index (χ1v) is 5.58. The number of nitrogens with zero attached hydrogens (tertiary/aromatic N) is 1. The summed E-state index contributed by atoms with van der Waals surface area (Å²) < 4.78 is 10.8. The van der Waals surface area contributed by atoms with Gasteiger partial charge in [-0.25, -0.2) is 0 Å². The second-order valence-electron chi connectivity index (χ2n) is 4.52. The molecule has 2 atom stereocenters. The van der Waals surface area contributed by atoms with Crippen LogP contribution in [0.1, 0.15) is 13.3 Å². The smallest absolute Gasteiger partial charge is 0.238 e. The summed E-state index contributed by atoms with van der Waals surface area (Å²) in [5.41, 5.74) is -0.263. The lowest BCUT2D eigenvalue weighted by Crippen LogP contribution is -2.50. The van der Waals surface area contributed by atoms with Crippen LogP contribution in [0.15, 0.2) is 0 Å². The monoisotopic (exact) mass is 230 g/mol. The average Bonchev–Trinajstić information content (AvgIpc) is 2.74. The van der Waals surface area contributed by atoms with Crippen LogP contribution in [0.3, 0.4) is 0 Å². The van der Waals surface area contributed by atoms with Gasteiger partial charge in [-0.3, -0.25) is 4.79 Å². The summed E-state index contributed by atoms with van der Waals surface area (Å²) in [5.74, 6) is 0.0742. The molecule has 0 aliphatic carbocycles. The molecule has 5 heteroatoms. The van der Waals surface area contributed by atoms with Gasteiger partial charge in [-0.2, -0.15) is 0 Å². The second kappa shape index (κ2) is 5.61. The lowest BCUT2D eigenvalue weighted by Gasteiger charge is -2.28. The van der Waals surface area contributed by atoms with Crippen LogP contribution in [0.2, 0.25) is 0 Å². The van der Waals surface area contributed by atoms with E-state index in [1.165, 1.54) is 0 Å². The summed E-state index contributed by atoms with van der Waals surface area (Å²) in [6, 6.07) is -0.192. The highest BCUT2D eigenvalue weighted by atomic mass is 16.5. The molecule has 0 radical (unpaired) electrons. The van der Waals surface area contributed by atoms with Crippen molar-refractivity contribution in [1.82, 2.24) is 10.2 Å². The van der Waals surface area contributed by atoms with E-state index < -0.39 is 0 Å². The highest BCUT2D eigenvalue weighted by Crippen LogP contribution is 2.21. The molecule has 1 saturated heterocycles. The van der Waals surface area contributed by atoms with Gasteiger partial charge in [0.1, 0.15) is 5.60 Å². The molecular formula is C11H22N2O3. The highest BCUT2D eigenvalue weighted by Gasteiger charge is 2.35. The van der Waals surface area contributed by atoms with Crippen LogP contribution in [-0.4, -0.2) is 63.4 Å². The third-order valence-corrected chi connectivity index (χ3v) is 3.04. The zero-order chi connectivity index (χ0) is 12.2. The van der Waals surface area contributed by atoms with Crippen LogP contribution in [0.4, 0.5) is 0 Å². The highest BCUT2D eigenvalue weighted by molar-refractivity contribution is 5.80. The van der Waals surface area contributed by atoms with Gasteiger partial charge in [0.25, 0.3) is 0 Å². The van der Waals surface area contributed by atoms with Crippen LogP contribution in [0.25, 0.3) is 0 Å². The van der Waals surface area contributed by atoms with E-state index in [1.807, 2.05) is 6.92 Å². The van der Waals surface area contributed by atoms with Crippen molar-refractivity contribution in [2.24, 2.45) is 0 Å². The summed E-state index contributed by atoms with van der Waals surface area (Å²) >= 11 is 0. The average molecular weight is 230 g/mol. The van der Waals surface area contributed by atoms with Gasteiger partial charge in [-0.05, 0) is 6.92 Å². The van der Waals surface area contributed by atoms with E-state index >= 15 is 0 Å². The number of likely N-dealkylation sites (N-methyl/N-ethyl adjacent to an activating group) is 1. The summed E-state index contributed by atoms with van der Waals surface area (Å²) in [6.45, 7) is 3.83. The first kappa shape index (κ1) is 13.4. The Bertz CT molecular complexity index is 237. The Balaban J connectivity index is 2.41. The van der Waals surface area contributed by atoms with Gasteiger partial charge >= 0.3 is 0 Å². The van der Waals surface area contributed by atoms with Crippen molar-refractivity contribution in [2.45, 2.75) is 25.0 Å². The maximum atomic E-state index is 11.6. The van der Waals surface area contributed by atoms with E-state index in [2.05, 4.69) is 5.32 Å². The summed E-state index contributed by atoms with van der Waals surface area (Å²) in [7, 11) is 5.20. The van der Waals surface area contributed by atoms with Crippen LogP contribution < -0.4 is 5.32 Å². The van der Waals surface area contributed by atoms with Crippen molar-refractivity contribution < 1.29 is 14.3 Å². The summed E-state index contributed by atoms with van der Waals surface area (Å²) in [4.78, 5) is 13.2. The zero-order valence-electron chi connectivity index (χ0n) is 10.6. The molecule has 0 aromatic rings. The number of rotatable bonds is 5. The topological polar surface area (TPSA) is 50.8 Å². The Hall–Kier alpha value is -0.650. The lowest BCUT2D eigenvalue weighted by molar-refractivity contribution is -0.130. The minimum atomic E-state index is -0.263. The normalized spacial score (nSPS) is 26.8. The predicted octanol–water partition coefficient (Wildman–Crippen LogP) is -0.142. The summed E-state index contributed by atoms with van der Waals surface area (Å²) in [5, 5.41) is 3.20.